The first-order valence-corrected chi connectivity index (χ1v) is 7.24. The van der Waals surface area contributed by atoms with Crippen LogP contribution in [0.5, 0.6) is 0 Å². The molecule has 0 aliphatic heterocycles. The molecule has 0 aromatic carbocycles. The van der Waals surface area contributed by atoms with Gasteiger partial charge in [0.15, 0.2) is 5.82 Å². The fourth-order valence-electron chi connectivity index (χ4n) is 1.62. The Labute approximate surface area is 141 Å². The molecule has 0 radical (unpaired) electrons. The Hall–Kier alpha value is -2.00. The summed E-state index contributed by atoms with van der Waals surface area (Å²) in [5.74, 6) is 0.0631. The van der Waals surface area contributed by atoms with Gasteiger partial charge in [-0.2, -0.15) is 28.1 Å². The summed E-state index contributed by atoms with van der Waals surface area (Å²) in [6, 6.07) is 3.46. The molecule has 2 aromatic rings. The molecule has 24 heavy (non-hydrogen) atoms. The predicted octanol–water partition coefficient (Wildman–Crippen LogP) is 3.44. The highest BCUT2D eigenvalue weighted by Crippen LogP contribution is 2.29. The molecule has 2 rings (SSSR count). The molecule has 0 aliphatic carbocycles. The molecule has 0 unspecified atom stereocenters. The molecule has 0 atom stereocenters. The van der Waals surface area contributed by atoms with Crippen LogP contribution < -0.4 is 5.32 Å². The molecule has 6 nitrogen and oxygen atoms in total. The summed E-state index contributed by atoms with van der Waals surface area (Å²) in [7, 11) is 1.56. The van der Waals surface area contributed by atoms with Crippen molar-refractivity contribution in [3.05, 3.63) is 29.2 Å². The number of nitrogens with one attached hydrogen (secondary N) is 1. The Morgan fingerprint density at radius 2 is 1.83 bits per heavy atom. The molecule has 2 aromatic heterocycles. The molecule has 0 saturated heterocycles. The molecular weight excluding hydrogens is 347 g/mol. The van der Waals surface area contributed by atoms with E-state index >= 15 is 0 Å². The second kappa shape index (κ2) is 6.86. The number of hydrogen-bond donors (Lipinski definition) is 1. The Balaban J connectivity index is 2.32. The second-order valence-corrected chi connectivity index (χ2v) is 5.81. The van der Waals surface area contributed by atoms with Crippen molar-refractivity contribution in [3.8, 4) is 11.5 Å². The Kier molecular flexibility index (Phi) is 5.24. The zero-order valence-electron chi connectivity index (χ0n) is 13.1. The SMILES string of the molecule is COC(C)(C)CNc1nc(Cl)nc(-c2cccc(C(F)(F)F)n2)n1. The Bertz CT molecular complexity index is 724. The molecule has 0 aliphatic rings. The Morgan fingerprint density at radius 3 is 2.46 bits per heavy atom. The molecule has 0 bridgehead atoms. The van der Waals surface area contributed by atoms with Crippen molar-refractivity contribution >= 4 is 17.5 Å². The van der Waals surface area contributed by atoms with Gasteiger partial charge in [-0.25, -0.2) is 4.98 Å². The van der Waals surface area contributed by atoms with Gasteiger partial charge in [0.05, 0.1) is 5.60 Å². The number of alkyl halides is 3. The quantitative estimate of drug-likeness (QED) is 0.879. The summed E-state index contributed by atoms with van der Waals surface area (Å²) in [6.07, 6.45) is -4.56. The van der Waals surface area contributed by atoms with Crippen molar-refractivity contribution in [2.45, 2.75) is 25.6 Å². The number of methoxy groups -OCH3 is 1. The number of anilines is 1. The van der Waals surface area contributed by atoms with Gasteiger partial charge in [-0.3, -0.25) is 0 Å². The molecule has 0 fully saturated rings. The van der Waals surface area contributed by atoms with Gasteiger partial charge in [-0.05, 0) is 37.6 Å². The number of rotatable bonds is 5. The number of hydrogen-bond acceptors (Lipinski definition) is 6. The van der Waals surface area contributed by atoms with Crippen molar-refractivity contribution in [1.29, 1.82) is 0 Å². The summed E-state index contributed by atoms with van der Waals surface area (Å²) < 4.78 is 43.5. The average molecular weight is 362 g/mol. The van der Waals surface area contributed by atoms with Gasteiger partial charge in [0.1, 0.15) is 11.4 Å². The van der Waals surface area contributed by atoms with Crippen LogP contribution in [0.1, 0.15) is 19.5 Å². The van der Waals surface area contributed by atoms with Gasteiger partial charge in [0.2, 0.25) is 11.2 Å². The number of halogens is 4. The van der Waals surface area contributed by atoms with Crippen molar-refractivity contribution < 1.29 is 17.9 Å². The van der Waals surface area contributed by atoms with Gasteiger partial charge in [0, 0.05) is 13.7 Å². The van der Waals surface area contributed by atoms with Crippen LogP contribution in [0.15, 0.2) is 18.2 Å². The summed E-state index contributed by atoms with van der Waals surface area (Å²) in [5, 5.41) is 2.75. The van der Waals surface area contributed by atoms with Crippen LogP contribution in [0.2, 0.25) is 5.28 Å². The van der Waals surface area contributed by atoms with E-state index in [1.165, 1.54) is 12.1 Å². The number of ether oxygens (including phenoxy) is 1. The van der Waals surface area contributed by atoms with Gasteiger partial charge >= 0.3 is 6.18 Å². The van der Waals surface area contributed by atoms with Crippen molar-refractivity contribution in [1.82, 2.24) is 19.9 Å². The third-order valence-electron chi connectivity index (χ3n) is 3.10. The van der Waals surface area contributed by atoms with Crippen LogP contribution in [0.3, 0.4) is 0 Å². The van der Waals surface area contributed by atoms with Crippen LogP contribution in [0.25, 0.3) is 11.5 Å². The van der Waals surface area contributed by atoms with Crippen LogP contribution in [0, 0.1) is 0 Å². The number of nitrogens with zero attached hydrogens (tertiary/aromatic N) is 4. The Morgan fingerprint density at radius 1 is 1.12 bits per heavy atom. The second-order valence-electron chi connectivity index (χ2n) is 5.47. The lowest BCUT2D eigenvalue weighted by Gasteiger charge is -2.23. The van der Waals surface area contributed by atoms with Crippen molar-refractivity contribution in [2.75, 3.05) is 19.0 Å². The minimum absolute atomic E-state index is 0.0526. The molecule has 1 N–H and O–H groups in total. The molecule has 0 saturated carbocycles. The van der Waals surface area contributed by atoms with Crippen molar-refractivity contribution in [2.24, 2.45) is 0 Å². The summed E-state index contributed by atoms with van der Waals surface area (Å²) in [6.45, 7) is 4.05. The molecule has 10 heteroatoms. The van der Waals surface area contributed by atoms with E-state index in [2.05, 4.69) is 25.3 Å². The standard InChI is InChI=1S/C14H15ClF3N5O/c1-13(2,24-3)7-19-12-22-10(21-11(15)23-12)8-5-4-6-9(20-8)14(16,17)18/h4-6H,7H2,1-3H3,(H,19,21,22,23). The molecule has 130 valence electrons. The highest BCUT2D eigenvalue weighted by atomic mass is 35.5. The summed E-state index contributed by atoms with van der Waals surface area (Å²) in [5.41, 5.74) is -1.58. The largest absolute Gasteiger partial charge is 0.433 e. The third-order valence-corrected chi connectivity index (χ3v) is 3.27. The average Bonchev–Trinajstić information content (AvgIpc) is 2.52. The maximum absolute atomic E-state index is 12.8. The smallest absolute Gasteiger partial charge is 0.377 e. The fraction of sp³-hybridized carbons (Fsp3) is 0.429. The summed E-state index contributed by atoms with van der Waals surface area (Å²) >= 11 is 5.83. The van der Waals surface area contributed by atoms with E-state index in [0.717, 1.165) is 6.07 Å². The maximum Gasteiger partial charge on any atom is 0.433 e. The minimum atomic E-state index is -4.56. The van der Waals surface area contributed by atoms with Gasteiger partial charge < -0.3 is 10.1 Å². The topological polar surface area (TPSA) is 72.8 Å². The van der Waals surface area contributed by atoms with Gasteiger partial charge in [-0.15, -0.1) is 0 Å². The number of aromatic nitrogens is 4. The van der Waals surface area contributed by atoms with E-state index in [9.17, 15) is 13.2 Å². The van der Waals surface area contributed by atoms with Crippen LogP contribution >= 0.6 is 11.6 Å². The fourth-order valence-corrected chi connectivity index (χ4v) is 1.79. The lowest BCUT2D eigenvalue weighted by atomic mass is 10.1. The van der Waals surface area contributed by atoms with E-state index in [-0.39, 0.29) is 22.8 Å². The van der Waals surface area contributed by atoms with Gasteiger partial charge in [-0.1, -0.05) is 6.07 Å². The zero-order valence-corrected chi connectivity index (χ0v) is 13.9. The zero-order chi connectivity index (χ0) is 18.0. The van der Waals surface area contributed by atoms with E-state index in [1.54, 1.807) is 7.11 Å². The lowest BCUT2D eigenvalue weighted by Crippen LogP contribution is -2.32. The van der Waals surface area contributed by atoms with E-state index in [4.69, 9.17) is 16.3 Å². The van der Waals surface area contributed by atoms with Crippen LogP contribution in [-0.4, -0.2) is 39.2 Å². The first kappa shape index (κ1) is 18.3. The maximum atomic E-state index is 12.8. The highest BCUT2D eigenvalue weighted by molar-refractivity contribution is 6.28. The van der Waals surface area contributed by atoms with Crippen LogP contribution in [0.4, 0.5) is 19.1 Å². The minimum Gasteiger partial charge on any atom is -0.377 e. The van der Waals surface area contributed by atoms with Crippen LogP contribution in [-0.2, 0) is 10.9 Å². The molecule has 0 amide bonds. The van der Waals surface area contributed by atoms with E-state index in [0.29, 0.717) is 6.54 Å². The van der Waals surface area contributed by atoms with Crippen molar-refractivity contribution in [3.63, 3.8) is 0 Å². The molecule has 2 heterocycles. The first-order valence-electron chi connectivity index (χ1n) is 6.86. The van der Waals surface area contributed by atoms with E-state index in [1.807, 2.05) is 13.8 Å². The van der Waals surface area contributed by atoms with E-state index < -0.39 is 17.5 Å². The monoisotopic (exact) mass is 361 g/mol. The summed E-state index contributed by atoms with van der Waals surface area (Å²) in [4.78, 5) is 15.3. The first-order chi connectivity index (χ1) is 11.1. The van der Waals surface area contributed by atoms with Gasteiger partial charge in [0.25, 0.3) is 0 Å². The normalized spacial score (nSPS) is 12.3. The lowest BCUT2D eigenvalue weighted by molar-refractivity contribution is -0.141. The highest BCUT2D eigenvalue weighted by Gasteiger charge is 2.32. The number of pyridine rings is 1. The predicted molar refractivity (Wildman–Crippen MR) is 82.6 cm³/mol. The third kappa shape index (κ3) is 4.75. The molecule has 0 spiro atoms. The molecular formula is C14H15ClF3N5O.